The molecule has 452 valence electrons. The molecule has 0 rings (SSSR count). The van der Waals surface area contributed by atoms with Crippen molar-refractivity contribution < 1.29 is 28.6 Å². The van der Waals surface area contributed by atoms with Gasteiger partial charge in [0.25, 0.3) is 0 Å². The van der Waals surface area contributed by atoms with Gasteiger partial charge in [-0.05, 0) is 77.0 Å². The molecule has 1 atom stereocenters. The molecule has 6 nitrogen and oxygen atoms in total. The second kappa shape index (κ2) is 66.1. The van der Waals surface area contributed by atoms with Gasteiger partial charge in [0.2, 0.25) is 0 Å². The number of esters is 3. The Morgan fingerprint density at radius 2 is 0.468 bits per heavy atom. The molecule has 0 amide bonds. The summed E-state index contributed by atoms with van der Waals surface area (Å²) in [4.78, 5) is 38.1. The van der Waals surface area contributed by atoms with E-state index in [-0.39, 0.29) is 31.1 Å². The summed E-state index contributed by atoms with van der Waals surface area (Å²) in [7, 11) is 0. The van der Waals surface area contributed by atoms with Crippen LogP contribution in [0, 0.1) is 0 Å². The largest absolute Gasteiger partial charge is 0.462 e. The molecule has 0 aliphatic rings. The van der Waals surface area contributed by atoms with Crippen molar-refractivity contribution in [3.63, 3.8) is 0 Å². The zero-order valence-electron chi connectivity index (χ0n) is 52.0. The van der Waals surface area contributed by atoms with E-state index in [9.17, 15) is 14.4 Å². The Bertz CT molecular complexity index is 1290. The van der Waals surface area contributed by atoms with Gasteiger partial charge in [-0.3, -0.25) is 14.4 Å². The van der Waals surface area contributed by atoms with Crippen LogP contribution >= 0.6 is 0 Å². The Morgan fingerprint density at radius 1 is 0.260 bits per heavy atom. The van der Waals surface area contributed by atoms with Gasteiger partial charge in [-0.15, -0.1) is 0 Å². The van der Waals surface area contributed by atoms with Gasteiger partial charge in [-0.1, -0.05) is 320 Å². The molecule has 77 heavy (non-hydrogen) atoms. The lowest BCUT2D eigenvalue weighted by Crippen LogP contribution is -2.30. The van der Waals surface area contributed by atoms with E-state index >= 15 is 0 Å². The van der Waals surface area contributed by atoms with Gasteiger partial charge in [0, 0.05) is 19.3 Å². The summed E-state index contributed by atoms with van der Waals surface area (Å²) in [5, 5.41) is 0. The van der Waals surface area contributed by atoms with Gasteiger partial charge < -0.3 is 14.2 Å². The molecular formula is C71H132O6. The minimum atomic E-state index is -0.768. The number of hydrogen-bond acceptors (Lipinski definition) is 6. The summed E-state index contributed by atoms with van der Waals surface area (Å²) in [6, 6.07) is 0. The molecule has 0 N–H and O–H groups in total. The van der Waals surface area contributed by atoms with Crippen molar-refractivity contribution in [2.45, 2.75) is 386 Å². The van der Waals surface area contributed by atoms with Crippen molar-refractivity contribution in [3.8, 4) is 0 Å². The van der Waals surface area contributed by atoms with E-state index < -0.39 is 6.10 Å². The smallest absolute Gasteiger partial charge is 0.306 e. The van der Waals surface area contributed by atoms with Crippen molar-refractivity contribution in [2.24, 2.45) is 0 Å². The van der Waals surface area contributed by atoms with E-state index in [1.165, 1.54) is 276 Å². The zero-order chi connectivity index (χ0) is 55.7. The SMILES string of the molecule is CCCCCCC/C=C\C/C=C\CCCCCCCCCCCCCCCCCCCCCCCC(=O)OCC(COC(=O)CCCCCCCCC)OC(=O)CCCCCCCCCCC/C=C\CCCCCCCC. The molecule has 0 radical (unpaired) electrons. The maximum atomic E-state index is 12.9. The molecule has 0 heterocycles. The quantitative estimate of drug-likeness (QED) is 0.0261. The van der Waals surface area contributed by atoms with Crippen LogP contribution in [0.15, 0.2) is 36.5 Å². The minimum absolute atomic E-state index is 0.0675. The van der Waals surface area contributed by atoms with Crippen molar-refractivity contribution in [1.82, 2.24) is 0 Å². The van der Waals surface area contributed by atoms with Gasteiger partial charge >= 0.3 is 17.9 Å². The maximum Gasteiger partial charge on any atom is 0.306 e. The Hall–Kier alpha value is -2.37. The predicted molar refractivity (Wildman–Crippen MR) is 335 cm³/mol. The van der Waals surface area contributed by atoms with Crippen LogP contribution in [-0.2, 0) is 28.6 Å². The number of hydrogen-bond donors (Lipinski definition) is 0. The summed E-state index contributed by atoms with van der Waals surface area (Å²) in [6.07, 6.45) is 82.1. The Kier molecular flexibility index (Phi) is 64.1. The highest BCUT2D eigenvalue weighted by molar-refractivity contribution is 5.71. The molecular weight excluding hydrogens is 949 g/mol. The lowest BCUT2D eigenvalue weighted by molar-refractivity contribution is -0.167. The van der Waals surface area contributed by atoms with E-state index in [4.69, 9.17) is 14.2 Å². The van der Waals surface area contributed by atoms with E-state index in [0.717, 1.165) is 64.2 Å². The molecule has 0 aromatic carbocycles. The fraction of sp³-hybridized carbons (Fsp3) is 0.873. The van der Waals surface area contributed by atoms with Gasteiger partial charge in [-0.25, -0.2) is 0 Å². The topological polar surface area (TPSA) is 78.9 Å². The number of allylic oxidation sites excluding steroid dienone is 6. The first-order valence-electron chi connectivity index (χ1n) is 34.5. The summed E-state index contributed by atoms with van der Waals surface area (Å²) in [5.41, 5.74) is 0. The molecule has 0 aliphatic carbocycles. The van der Waals surface area contributed by atoms with E-state index in [1.807, 2.05) is 0 Å². The van der Waals surface area contributed by atoms with Crippen LogP contribution in [0.3, 0.4) is 0 Å². The first-order chi connectivity index (χ1) is 38.0. The molecule has 0 spiro atoms. The lowest BCUT2D eigenvalue weighted by Gasteiger charge is -2.18. The summed E-state index contributed by atoms with van der Waals surface area (Å²) < 4.78 is 16.9. The zero-order valence-corrected chi connectivity index (χ0v) is 52.0. The number of carbonyl (C=O) groups excluding carboxylic acids is 3. The predicted octanol–water partition coefficient (Wildman–Crippen LogP) is 23.6. The second-order valence-corrected chi connectivity index (χ2v) is 23.4. The third-order valence-electron chi connectivity index (χ3n) is 15.6. The molecule has 0 saturated heterocycles. The van der Waals surface area contributed by atoms with Crippen LogP contribution in [0.1, 0.15) is 380 Å². The fourth-order valence-corrected chi connectivity index (χ4v) is 10.4. The van der Waals surface area contributed by atoms with Crippen LogP contribution < -0.4 is 0 Å². The van der Waals surface area contributed by atoms with Crippen LogP contribution in [0.2, 0.25) is 0 Å². The molecule has 0 fully saturated rings. The standard InChI is InChI=1S/C71H132O6/c1-4-7-10-13-16-18-20-22-24-26-28-29-30-31-32-33-34-35-36-37-38-39-40-41-43-44-46-48-50-52-55-58-61-64-70(73)76-67-68(66-75-69(72)63-60-57-54-15-12-9-6-3)77-71(74)65-62-59-56-53-51-49-47-45-42-27-25-23-21-19-17-14-11-8-5-2/h20,22-23,25-26,28,68H,4-19,21,24,27,29-67H2,1-3H3/b22-20-,25-23-,28-26-. The van der Waals surface area contributed by atoms with Crippen molar-refractivity contribution in [3.05, 3.63) is 36.5 Å². The summed E-state index contributed by atoms with van der Waals surface area (Å²) >= 11 is 0. The van der Waals surface area contributed by atoms with E-state index in [0.29, 0.717) is 19.3 Å². The molecule has 6 heteroatoms. The first-order valence-corrected chi connectivity index (χ1v) is 34.5. The van der Waals surface area contributed by atoms with Gasteiger partial charge in [0.05, 0.1) is 0 Å². The average Bonchev–Trinajstić information content (AvgIpc) is 3.43. The average molecular weight is 1080 g/mol. The van der Waals surface area contributed by atoms with Crippen LogP contribution in [-0.4, -0.2) is 37.2 Å². The van der Waals surface area contributed by atoms with Crippen LogP contribution in [0.5, 0.6) is 0 Å². The van der Waals surface area contributed by atoms with Crippen molar-refractivity contribution >= 4 is 17.9 Å². The molecule has 0 aliphatic heterocycles. The lowest BCUT2D eigenvalue weighted by atomic mass is 10.0. The van der Waals surface area contributed by atoms with Gasteiger partial charge in [0.15, 0.2) is 6.10 Å². The highest BCUT2D eigenvalue weighted by atomic mass is 16.6. The highest BCUT2D eigenvalue weighted by Gasteiger charge is 2.19. The highest BCUT2D eigenvalue weighted by Crippen LogP contribution is 2.18. The number of unbranched alkanes of at least 4 members (excludes halogenated alkanes) is 47. The Morgan fingerprint density at radius 3 is 0.727 bits per heavy atom. The normalized spacial score (nSPS) is 12.2. The van der Waals surface area contributed by atoms with Crippen molar-refractivity contribution in [1.29, 1.82) is 0 Å². The third-order valence-corrected chi connectivity index (χ3v) is 15.6. The monoisotopic (exact) mass is 1080 g/mol. The molecule has 0 aromatic rings. The van der Waals surface area contributed by atoms with Crippen molar-refractivity contribution in [2.75, 3.05) is 13.2 Å². The summed E-state index contributed by atoms with van der Waals surface area (Å²) in [5.74, 6) is -0.852. The number of ether oxygens (including phenoxy) is 3. The molecule has 0 saturated carbocycles. The number of rotatable bonds is 64. The first kappa shape index (κ1) is 74.6. The van der Waals surface area contributed by atoms with Gasteiger partial charge in [-0.2, -0.15) is 0 Å². The number of carbonyl (C=O) groups is 3. The summed E-state index contributed by atoms with van der Waals surface area (Å²) in [6.45, 7) is 6.64. The molecule has 0 bridgehead atoms. The van der Waals surface area contributed by atoms with Crippen LogP contribution in [0.25, 0.3) is 0 Å². The Labute approximate surface area is 480 Å². The molecule has 1 unspecified atom stereocenters. The van der Waals surface area contributed by atoms with Gasteiger partial charge in [0.1, 0.15) is 13.2 Å². The Balaban J connectivity index is 3.97. The minimum Gasteiger partial charge on any atom is -0.462 e. The molecule has 0 aromatic heterocycles. The van der Waals surface area contributed by atoms with Crippen LogP contribution in [0.4, 0.5) is 0 Å². The van der Waals surface area contributed by atoms with E-state index in [1.54, 1.807) is 0 Å². The van der Waals surface area contributed by atoms with E-state index in [2.05, 4.69) is 57.2 Å². The second-order valence-electron chi connectivity index (χ2n) is 23.4. The third kappa shape index (κ3) is 64.3. The maximum absolute atomic E-state index is 12.9. The fourth-order valence-electron chi connectivity index (χ4n) is 10.4.